The molecule has 0 bridgehead atoms. The highest BCUT2D eigenvalue weighted by molar-refractivity contribution is 5.90. The van der Waals surface area contributed by atoms with Crippen LogP contribution in [-0.4, -0.2) is 70.3 Å². The third kappa shape index (κ3) is 6.78. The van der Waals surface area contributed by atoms with Gasteiger partial charge in [0.1, 0.15) is 12.3 Å². The highest BCUT2D eigenvalue weighted by atomic mass is 19.4. The van der Waals surface area contributed by atoms with Gasteiger partial charge in [-0.05, 0) is 63.2 Å². The number of hydrogen-bond donors (Lipinski definition) is 4. The summed E-state index contributed by atoms with van der Waals surface area (Å²) in [5.41, 5.74) is -1.61. The Morgan fingerprint density at radius 3 is 2.34 bits per heavy atom. The molecule has 214 valence electrons. The summed E-state index contributed by atoms with van der Waals surface area (Å²) >= 11 is 0. The molecule has 0 aromatic carbocycles. The molecule has 4 N–H and O–H groups in total. The molecule has 0 radical (unpaired) electrons. The molecule has 1 aliphatic carbocycles. The summed E-state index contributed by atoms with van der Waals surface area (Å²) in [4.78, 5) is 39.3. The van der Waals surface area contributed by atoms with Gasteiger partial charge < -0.3 is 20.6 Å². The number of likely N-dealkylation sites (tertiary alicyclic amines) is 1. The van der Waals surface area contributed by atoms with E-state index in [0.29, 0.717) is 12.8 Å². The van der Waals surface area contributed by atoms with Crippen LogP contribution in [0, 0.1) is 28.1 Å². The molecule has 1 spiro atoms. The third-order valence-corrected chi connectivity index (χ3v) is 8.25. The lowest BCUT2D eigenvalue weighted by Gasteiger charge is -2.39. The zero-order valence-electron chi connectivity index (χ0n) is 22.7. The molecule has 2 aliphatic heterocycles. The summed E-state index contributed by atoms with van der Waals surface area (Å²) in [6, 6.07) is -1.05. The number of carbonyl (C=O) groups excluding carboxylic acids is 3. The van der Waals surface area contributed by atoms with Crippen molar-refractivity contribution in [1.29, 1.82) is 5.26 Å². The number of aliphatic hydroxyl groups is 1. The highest BCUT2D eigenvalue weighted by Crippen LogP contribution is 2.51. The van der Waals surface area contributed by atoms with Crippen molar-refractivity contribution in [3.05, 3.63) is 0 Å². The number of halogens is 3. The summed E-state index contributed by atoms with van der Waals surface area (Å²) in [5.74, 6) is -3.46. The van der Waals surface area contributed by atoms with Gasteiger partial charge in [0, 0.05) is 18.0 Å². The number of amides is 3. The van der Waals surface area contributed by atoms with Gasteiger partial charge in [-0.3, -0.25) is 19.7 Å². The van der Waals surface area contributed by atoms with Crippen LogP contribution in [0.2, 0.25) is 0 Å². The van der Waals surface area contributed by atoms with Crippen molar-refractivity contribution in [2.75, 3.05) is 6.54 Å². The van der Waals surface area contributed by atoms with Gasteiger partial charge in [0.05, 0.1) is 18.2 Å². The van der Waals surface area contributed by atoms with E-state index >= 15 is 0 Å². The molecule has 0 aromatic rings. The van der Waals surface area contributed by atoms with Gasteiger partial charge in [0.15, 0.2) is 0 Å². The molecule has 9 nitrogen and oxygen atoms in total. The van der Waals surface area contributed by atoms with E-state index in [9.17, 15) is 37.9 Å². The minimum atomic E-state index is -5.15. The van der Waals surface area contributed by atoms with Crippen LogP contribution in [-0.2, 0) is 14.4 Å². The Balaban J connectivity index is 1.76. The number of rotatable bonds is 7. The van der Waals surface area contributed by atoms with E-state index in [1.165, 1.54) is 4.90 Å². The van der Waals surface area contributed by atoms with Gasteiger partial charge in [-0.25, -0.2) is 0 Å². The van der Waals surface area contributed by atoms with Gasteiger partial charge in [-0.15, -0.1) is 0 Å². The lowest BCUT2D eigenvalue weighted by Crippen LogP contribution is -2.60. The summed E-state index contributed by atoms with van der Waals surface area (Å²) in [5, 5.41) is 28.6. The predicted octanol–water partition coefficient (Wildman–Crippen LogP) is 2.35. The average molecular weight is 544 g/mol. The first-order valence-corrected chi connectivity index (χ1v) is 13.2. The van der Waals surface area contributed by atoms with Crippen LogP contribution in [0.25, 0.3) is 0 Å². The van der Waals surface area contributed by atoms with Crippen LogP contribution < -0.4 is 16.0 Å². The molecule has 2 heterocycles. The van der Waals surface area contributed by atoms with Gasteiger partial charge in [0.25, 0.3) is 0 Å². The number of piperidine rings is 1. The number of nitrogens with one attached hydrogen (secondary N) is 3. The van der Waals surface area contributed by atoms with Crippen LogP contribution in [0.1, 0.15) is 79.6 Å². The van der Waals surface area contributed by atoms with Gasteiger partial charge in [0.2, 0.25) is 11.8 Å². The number of nitrogens with zero attached hydrogens (tertiary/aromatic N) is 2. The summed E-state index contributed by atoms with van der Waals surface area (Å²) in [6.07, 6.45) is -1.98. The normalized spacial score (nSPS) is 27.1. The van der Waals surface area contributed by atoms with Crippen molar-refractivity contribution in [3.63, 3.8) is 0 Å². The Morgan fingerprint density at radius 2 is 1.87 bits per heavy atom. The van der Waals surface area contributed by atoms with E-state index in [4.69, 9.17) is 0 Å². The maximum Gasteiger partial charge on any atom is 0.471 e. The topological polar surface area (TPSA) is 135 Å². The van der Waals surface area contributed by atoms with Gasteiger partial charge in [-0.1, -0.05) is 27.2 Å². The fourth-order valence-electron chi connectivity index (χ4n) is 5.84. The highest BCUT2D eigenvalue weighted by Gasteiger charge is 2.54. The molecule has 5 atom stereocenters. The largest absolute Gasteiger partial charge is 0.471 e. The molecule has 3 fully saturated rings. The maximum atomic E-state index is 13.7. The number of alkyl halides is 3. The van der Waals surface area contributed by atoms with Crippen molar-refractivity contribution in [3.8, 4) is 6.07 Å². The second-order valence-corrected chi connectivity index (χ2v) is 13.0. The first-order valence-electron chi connectivity index (χ1n) is 13.2. The minimum Gasteiger partial charge on any atom is -0.376 e. The Bertz CT molecular complexity index is 967. The van der Waals surface area contributed by atoms with Gasteiger partial charge >= 0.3 is 12.1 Å². The quantitative estimate of drug-likeness (QED) is 0.364. The number of carbonyl (C=O) groups is 3. The van der Waals surface area contributed by atoms with Crippen LogP contribution >= 0.6 is 0 Å². The van der Waals surface area contributed by atoms with Crippen molar-refractivity contribution in [1.82, 2.24) is 20.9 Å². The standard InChI is InChI=1S/C26H40F3N5O4/c1-23(2,3)18(32-22(38)26(27,28)29)21(37)34-14-25(8-6-9-25)12-17(34)20(36)31-16(13-30)11-15-7-10-24(4,5)33-19(15)35/h15-18,20,31,36H,6-12,14H2,1-5H3,(H,32,38)(H,33,35). The molecule has 12 heteroatoms. The summed E-state index contributed by atoms with van der Waals surface area (Å²) in [7, 11) is 0. The molecule has 3 rings (SSSR count). The van der Waals surface area contributed by atoms with Crippen LogP contribution in [0.4, 0.5) is 13.2 Å². The maximum absolute atomic E-state index is 13.7. The monoisotopic (exact) mass is 543 g/mol. The molecule has 3 aliphatic rings. The molecule has 0 aromatic heterocycles. The smallest absolute Gasteiger partial charge is 0.376 e. The number of aliphatic hydroxyl groups excluding tert-OH is 1. The molecular formula is C26H40F3N5O4. The molecule has 2 saturated heterocycles. The van der Waals surface area contributed by atoms with E-state index in [-0.39, 0.29) is 29.8 Å². The third-order valence-electron chi connectivity index (χ3n) is 8.25. The predicted molar refractivity (Wildman–Crippen MR) is 132 cm³/mol. The first-order chi connectivity index (χ1) is 17.4. The second-order valence-electron chi connectivity index (χ2n) is 13.0. The molecular weight excluding hydrogens is 503 g/mol. The molecule has 38 heavy (non-hydrogen) atoms. The van der Waals surface area contributed by atoms with E-state index in [2.05, 4.69) is 16.7 Å². The van der Waals surface area contributed by atoms with E-state index in [1.807, 2.05) is 19.2 Å². The number of hydrogen-bond acceptors (Lipinski definition) is 6. The Hall–Kier alpha value is -2.39. The van der Waals surface area contributed by atoms with E-state index in [1.54, 1.807) is 20.8 Å². The number of nitriles is 1. The van der Waals surface area contributed by atoms with Crippen molar-refractivity contribution >= 4 is 17.7 Å². The zero-order chi connectivity index (χ0) is 28.7. The van der Waals surface area contributed by atoms with Crippen LogP contribution in [0.5, 0.6) is 0 Å². The fourth-order valence-corrected chi connectivity index (χ4v) is 5.84. The lowest BCUT2D eigenvalue weighted by atomic mass is 9.67. The fraction of sp³-hybridized carbons (Fsp3) is 0.846. The zero-order valence-corrected chi connectivity index (χ0v) is 22.7. The van der Waals surface area contributed by atoms with Crippen molar-refractivity contribution in [2.24, 2.45) is 16.7 Å². The Kier molecular flexibility index (Phi) is 8.45. The first kappa shape index (κ1) is 30.2. The SMILES string of the molecule is CC1(C)CCC(CC(C#N)NC(O)C2CC3(CCC3)CN2C(=O)C(NC(=O)C(F)(F)F)C(C)(C)C)C(=O)N1. The van der Waals surface area contributed by atoms with Crippen LogP contribution in [0.15, 0.2) is 0 Å². The summed E-state index contributed by atoms with van der Waals surface area (Å²) in [6.45, 7) is 8.79. The van der Waals surface area contributed by atoms with Gasteiger partial charge in [-0.2, -0.15) is 18.4 Å². The summed E-state index contributed by atoms with van der Waals surface area (Å²) < 4.78 is 39.1. The van der Waals surface area contributed by atoms with Crippen LogP contribution in [0.3, 0.4) is 0 Å². The van der Waals surface area contributed by atoms with E-state index < -0.39 is 53.7 Å². The lowest BCUT2D eigenvalue weighted by molar-refractivity contribution is -0.176. The Labute approximate surface area is 221 Å². The molecule has 3 amide bonds. The Morgan fingerprint density at radius 1 is 1.24 bits per heavy atom. The van der Waals surface area contributed by atoms with Crippen molar-refractivity contribution in [2.45, 2.75) is 116 Å². The molecule has 5 unspecified atom stereocenters. The average Bonchev–Trinajstić information content (AvgIpc) is 3.18. The second kappa shape index (κ2) is 10.6. The molecule has 1 saturated carbocycles. The minimum absolute atomic E-state index is 0.155. The van der Waals surface area contributed by atoms with Crippen molar-refractivity contribution < 1.29 is 32.7 Å². The van der Waals surface area contributed by atoms with E-state index in [0.717, 1.165) is 25.7 Å².